The zero-order valence-corrected chi connectivity index (χ0v) is 10.2. The van der Waals surface area contributed by atoms with Gasteiger partial charge in [-0.25, -0.2) is 9.59 Å². The van der Waals surface area contributed by atoms with Crippen molar-refractivity contribution in [2.45, 2.75) is 18.5 Å². The third-order valence-electron chi connectivity index (χ3n) is 3.18. The molecule has 6 heteroatoms. The minimum Gasteiger partial charge on any atom is -0.465 e. The normalized spacial score (nSPS) is 21.6. The quantitative estimate of drug-likeness (QED) is 0.792. The Hall–Kier alpha value is -2.08. The average molecular weight is 265 g/mol. The topological polar surface area (TPSA) is 87.1 Å². The summed E-state index contributed by atoms with van der Waals surface area (Å²) in [7, 11) is 0. The van der Waals surface area contributed by atoms with Crippen molar-refractivity contribution < 1.29 is 24.5 Å². The lowest BCUT2D eigenvalue weighted by Crippen LogP contribution is -2.61. The molecule has 2 rings (SSSR count). The largest absolute Gasteiger partial charge is 0.465 e. The highest BCUT2D eigenvalue weighted by Crippen LogP contribution is 2.25. The molecule has 2 unspecified atom stereocenters. The Kier molecular flexibility index (Phi) is 4.01. The van der Waals surface area contributed by atoms with Gasteiger partial charge in [0.05, 0.1) is 24.3 Å². The second-order valence-electron chi connectivity index (χ2n) is 4.38. The Bertz CT molecular complexity index is 461. The van der Waals surface area contributed by atoms with E-state index in [0.29, 0.717) is 12.0 Å². The number of carboxylic acid groups (broad SMARTS) is 1. The highest BCUT2D eigenvalue weighted by molar-refractivity contribution is 5.89. The van der Waals surface area contributed by atoms with E-state index in [9.17, 15) is 9.59 Å². The van der Waals surface area contributed by atoms with E-state index in [-0.39, 0.29) is 19.3 Å². The van der Waals surface area contributed by atoms with E-state index in [1.807, 2.05) is 0 Å². The number of hydrogen-bond donors (Lipinski definition) is 2. The molecule has 0 saturated carbocycles. The molecule has 102 valence electrons. The summed E-state index contributed by atoms with van der Waals surface area (Å²) < 4.78 is 5.08. The summed E-state index contributed by atoms with van der Waals surface area (Å²) in [6, 6.07) is 7.75. The summed E-state index contributed by atoms with van der Waals surface area (Å²) in [5.74, 6) is -0.474. The lowest BCUT2D eigenvalue weighted by Gasteiger charge is -2.45. The number of ether oxygens (including phenoxy) is 1. The molecule has 1 aromatic rings. The molecule has 0 bridgehead atoms. The van der Waals surface area contributed by atoms with Gasteiger partial charge < -0.3 is 14.9 Å². The summed E-state index contributed by atoms with van der Waals surface area (Å²) in [5.41, 5.74) is 0.433. The average Bonchev–Trinajstić information content (AvgIpc) is 2.37. The maximum absolute atomic E-state index is 11.7. The summed E-state index contributed by atoms with van der Waals surface area (Å²) in [6.45, 7) is -0.202. The molecule has 0 aromatic heterocycles. The fourth-order valence-corrected chi connectivity index (χ4v) is 2.15. The van der Waals surface area contributed by atoms with Crippen molar-refractivity contribution in [1.82, 2.24) is 4.90 Å². The standard InChI is InChI=1S/C13H15NO5/c15-7-10-6-11(14(10)13(17)18)8-19-12(16)9-4-2-1-3-5-9/h1-5,10-11,15H,6-8H2,(H,17,18). The molecule has 0 aliphatic carbocycles. The van der Waals surface area contributed by atoms with E-state index in [2.05, 4.69) is 0 Å². The van der Waals surface area contributed by atoms with Gasteiger partial charge in [-0.05, 0) is 18.6 Å². The third kappa shape index (κ3) is 2.85. The van der Waals surface area contributed by atoms with Crippen LogP contribution in [-0.2, 0) is 4.74 Å². The van der Waals surface area contributed by atoms with Crippen LogP contribution in [0.15, 0.2) is 30.3 Å². The molecule has 1 saturated heterocycles. The molecule has 1 aliphatic heterocycles. The number of rotatable bonds is 4. The molecule has 1 aliphatic rings. The van der Waals surface area contributed by atoms with Crippen molar-refractivity contribution in [2.24, 2.45) is 0 Å². The SMILES string of the molecule is O=C(OCC1CC(CO)N1C(=O)O)c1ccccc1. The van der Waals surface area contributed by atoms with E-state index >= 15 is 0 Å². The first-order valence-corrected chi connectivity index (χ1v) is 5.97. The number of likely N-dealkylation sites (tertiary alicyclic amines) is 1. The van der Waals surface area contributed by atoms with Gasteiger partial charge >= 0.3 is 12.1 Å². The Morgan fingerprint density at radius 2 is 1.95 bits per heavy atom. The Balaban J connectivity index is 1.86. The minimum absolute atomic E-state index is 0.0104. The number of esters is 1. The molecule has 19 heavy (non-hydrogen) atoms. The summed E-state index contributed by atoms with van der Waals surface area (Å²) in [5, 5.41) is 17.9. The number of nitrogens with zero attached hydrogens (tertiary/aromatic N) is 1. The number of aliphatic hydroxyl groups is 1. The Labute approximate surface area is 110 Å². The van der Waals surface area contributed by atoms with Crippen LogP contribution in [0.5, 0.6) is 0 Å². The number of carbonyl (C=O) groups excluding carboxylic acids is 1. The first kappa shape index (κ1) is 13.4. The van der Waals surface area contributed by atoms with Gasteiger partial charge in [0.15, 0.2) is 0 Å². The second kappa shape index (κ2) is 5.71. The van der Waals surface area contributed by atoms with Gasteiger partial charge in [0.1, 0.15) is 6.61 Å². The highest BCUT2D eigenvalue weighted by Gasteiger charge is 2.42. The molecule has 1 heterocycles. The van der Waals surface area contributed by atoms with Crippen molar-refractivity contribution in [3.8, 4) is 0 Å². The van der Waals surface area contributed by atoms with Crippen LogP contribution in [0.4, 0.5) is 4.79 Å². The molecule has 1 amide bonds. The van der Waals surface area contributed by atoms with Gasteiger partial charge in [-0.3, -0.25) is 4.90 Å². The molecule has 1 fully saturated rings. The van der Waals surface area contributed by atoms with Crippen LogP contribution < -0.4 is 0 Å². The molecular formula is C13H15NO5. The van der Waals surface area contributed by atoms with Gasteiger partial charge in [0.25, 0.3) is 0 Å². The zero-order chi connectivity index (χ0) is 13.8. The van der Waals surface area contributed by atoms with E-state index in [1.54, 1.807) is 30.3 Å². The highest BCUT2D eigenvalue weighted by atomic mass is 16.5. The first-order valence-electron chi connectivity index (χ1n) is 5.97. The van der Waals surface area contributed by atoms with Crippen molar-refractivity contribution in [3.05, 3.63) is 35.9 Å². The van der Waals surface area contributed by atoms with Crippen molar-refractivity contribution in [2.75, 3.05) is 13.2 Å². The first-order chi connectivity index (χ1) is 9.13. The minimum atomic E-state index is -1.11. The van der Waals surface area contributed by atoms with E-state index in [4.69, 9.17) is 14.9 Å². The van der Waals surface area contributed by atoms with Crippen LogP contribution in [0.25, 0.3) is 0 Å². The predicted molar refractivity (Wildman–Crippen MR) is 65.9 cm³/mol. The molecule has 0 spiro atoms. The van der Waals surface area contributed by atoms with Crippen LogP contribution in [0.2, 0.25) is 0 Å². The van der Waals surface area contributed by atoms with Crippen LogP contribution in [-0.4, -0.2) is 52.5 Å². The molecule has 2 N–H and O–H groups in total. The van der Waals surface area contributed by atoms with Gasteiger partial charge in [-0.15, -0.1) is 0 Å². The molecule has 0 radical (unpaired) electrons. The van der Waals surface area contributed by atoms with Gasteiger partial charge in [-0.1, -0.05) is 18.2 Å². The number of aliphatic hydroxyl groups excluding tert-OH is 1. The number of amides is 1. The van der Waals surface area contributed by atoms with Gasteiger partial charge in [0, 0.05) is 0 Å². The van der Waals surface area contributed by atoms with Crippen LogP contribution in [0, 0.1) is 0 Å². The van der Waals surface area contributed by atoms with Gasteiger partial charge in [-0.2, -0.15) is 0 Å². The Morgan fingerprint density at radius 3 is 2.53 bits per heavy atom. The number of benzene rings is 1. The van der Waals surface area contributed by atoms with Crippen molar-refractivity contribution >= 4 is 12.1 Å². The molecule has 6 nitrogen and oxygen atoms in total. The second-order valence-corrected chi connectivity index (χ2v) is 4.38. The van der Waals surface area contributed by atoms with Crippen LogP contribution >= 0.6 is 0 Å². The monoisotopic (exact) mass is 265 g/mol. The van der Waals surface area contributed by atoms with E-state index < -0.39 is 18.1 Å². The maximum atomic E-state index is 11.7. The van der Waals surface area contributed by atoms with Gasteiger partial charge in [0.2, 0.25) is 0 Å². The molecule has 1 aromatic carbocycles. The van der Waals surface area contributed by atoms with Crippen molar-refractivity contribution in [1.29, 1.82) is 0 Å². The lowest BCUT2D eigenvalue weighted by molar-refractivity contribution is -0.0342. The molecule has 2 atom stereocenters. The Morgan fingerprint density at radius 1 is 1.26 bits per heavy atom. The fourth-order valence-electron chi connectivity index (χ4n) is 2.15. The summed E-state index contributed by atoms with van der Waals surface area (Å²) >= 11 is 0. The molecular weight excluding hydrogens is 250 g/mol. The fraction of sp³-hybridized carbons (Fsp3) is 0.385. The van der Waals surface area contributed by atoms with Crippen LogP contribution in [0.1, 0.15) is 16.8 Å². The predicted octanol–water partition coefficient (Wildman–Crippen LogP) is 0.957. The smallest absolute Gasteiger partial charge is 0.407 e. The van der Waals surface area contributed by atoms with Crippen LogP contribution in [0.3, 0.4) is 0 Å². The lowest BCUT2D eigenvalue weighted by atomic mass is 9.95. The number of hydrogen-bond acceptors (Lipinski definition) is 4. The van der Waals surface area contributed by atoms with E-state index in [1.165, 1.54) is 0 Å². The summed E-state index contributed by atoms with van der Waals surface area (Å²) in [4.78, 5) is 23.8. The number of carbonyl (C=O) groups is 2. The van der Waals surface area contributed by atoms with Crippen molar-refractivity contribution in [3.63, 3.8) is 0 Å². The van der Waals surface area contributed by atoms with E-state index in [0.717, 1.165) is 4.90 Å². The zero-order valence-electron chi connectivity index (χ0n) is 10.2. The summed E-state index contributed by atoms with van der Waals surface area (Å²) in [6.07, 6.45) is -0.601. The maximum Gasteiger partial charge on any atom is 0.407 e. The third-order valence-corrected chi connectivity index (χ3v) is 3.18.